The molecule has 0 saturated heterocycles. The van der Waals surface area contributed by atoms with Crippen LogP contribution in [0, 0.1) is 0 Å². The molecule has 0 bridgehead atoms. The van der Waals surface area contributed by atoms with E-state index in [9.17, 15) is 14.7 Å². The lowest BCUT2D eigenvalue weighted by molar-refractivity contribution is -0.145. The van der Waals surface area contributed by atoms with Crippen LogP contribution in [-0.4, -0.2) is 40.4 Å². The quantitative estimate of drug-likeness (QED) is 0.558. The van der Waals surface area contributed by atoms with Crippen LogP contribution in [0.2, 0.25) is 0 Å². The van der Waals surface area contributed by atoms with Gasteiger partial charge in [0.15, 0.2) is 0 Å². The molecule has 1 aromatic carbocycles. The van der Waals surface area contributed by atoms with Crippen LogP contribution in [0.4, 0.5) is 0 Å². The van der Waals surface area contributed by atoms with Crippen molar-refractivity contribution in [3.05, 3.63) is 28.8 Å². The number of rotatable bonds is 7. The number of carbonyl (C=O) groups excluding carboxylic acids is 2. The van der Waals surface area contributed by atoms with Crippen molar-refractivity contribution in [1.82, 2.24) is 10.2 Å². The summed E-state index contributed by atoms with van der Waals surface area (Å²) in [6, 6.07) is 4.29. The minimum atomic E-state index is -0.859. The van der Waals surface area contributed by atoms with Crippen molar-refractivity contribution in [2.24, 2.45) is 0 Å². The van der Waals surface area contributed by atoms with Gasteiger partial charge in [-0.25, -0.2) is 0 Å². The molecule has 1 aliphatic carbocycles. The van der Waals surface area contributed by atoms with E-state index in [2.05, 4.69) is 46.9 Å². The van der Waals surface area contributed by atoms with Gasteiger partial charge in [0.2, 0.25) is 11.8 Å². The van der Waals surface area contributed by atoms with E-state index in [0.717, 1.165) is 42.4 Å². The highest BCUT2D eigenvalue weighted by atomic mass is 16.3. The minimum Gasteiger partial charge on any atom is -0.507 e. The van der Waals surface area contributed by atoms with Gasteiger partial charge < -0.3 is 15.3 Å². The summed E-state index contributed by atoms with van der Waals surface area (Å²) >= 11 is 0. The first kappa shape index (κ1) is 27.2. The summed E-state index contributed by atoms with van der Waals surface area (Å²) in [5, 5.41) is 14.1. The Labute approximate surface area is 201 Å². The molecule has 2 rings (SSSR count). The van der Waals surface area contributed by atoms with Crippen LogP contribution < -0.4 is 5.32 Å². The van der Waals surface area contributed by atoms with Crippen molar-refractivity contribution in [3.8, 4) is 5.75 Å². The fraction of sp³-hybridized carbons (Fsp3) is 0.714. The molecule has 33 heavy (non-hydrogen) atoms. The van der Waals surface area contributed by atoms with Gasteiger partial charge in [-0.1, -0.05) is 73.4 Å². The molecule has 0 aromatic heterocycles. The maximum absolute atomic E-state index is 13.2. The van der Waals surface area contributed by atoms with Gasteiger partial charge in [0.1, 0.15) is 11.3 Å². The minimum absolute atomic E-state index is 0.0383. The zero-order valence-corrected chi connectivity index (χ0v) is 22.4. The molecule has 2 amide bonds. The Morgan fingerprint density at radius 1 is 1.00 bits per heavy atom. The SMILES string of the molecule is CC[C@](C)(C(=O)NC1CCCC1)N(C)C(=O)CCc1cc(C(C)(C)C)c(O)c(C(C)(C)C)c1. The number of nitrogens with zero attached hydrogens (tertiary/aromatic N) is 1. The fourth-order valence-corrected chi connectivity index (χ4v) is 4.64. The van der Waals surface area contributed by atoms with Crippen LogP contribution in [0.5, 0.6) is 5.75 Å². The molecular formula is C28H46N2O3. The Kier molecular flexibility index (Phi) is 8.30. The van der Waals surface area contributed by atoms with E-state index in [1.165, 1.54) is 0 Å². The van der Waals surface area contributed by atoms with Gasteiger partial charge in [-0.05, 0) is 60.1 Å². The topological polar surface area (TPSA) is 69.6 Å². The first-order valence-electron chi connectivity index (χ1n) is 12.6. The monoisotopic (exact) mass is 458 g/mol. The highest BCUT2D eigenvalue weighted by molar-refractivity contribution is 5.91. The molecule has 0 radical (unpaired) electrons. The van der Waals surface area contributed by atoms with E-state index in [1.807, 2.05) is 26.0 Å². The second kappa shape index (κ2) is 10.1. The predicted molar refractivity (Wildman–Crippen MR) is 136 cm³/mol. The van der Waals surface area contributed by atoms with E-state index >= 15 is 0 Å². The number of phenolic OH excluding ortho intramolecular Hbond substituents is 1. The number of amides is 2. The van der Waals surface area contributed by atoms with Crippen LogP contribution in [0.25, 0.3) is 0 Å². The largest absolute Gasteiger partial charge is 0.507 e. The fourth-order valence-electron chi connectivity index (χ4n) is 4.64. The average molecular weight is 459 g/mol. The Morgan fingerprint density at radius 2 is 1.48 bits per heavy atom. The van der Waals surface area contributed by atoms with Gasteiger partial charge in [0, 0.05) is 19.5 Å². The molecule has 1 aromatic rings. The number of hydrogen-bond donors (Lipinski definition) is 2. The first-order chi connectivity index (χ1) is 15.1. The molecule has 0 spiro atoms. The van der Waals surface area contributed by atoms with Crippen LogP contribution in [0.3, 0.4) is 0 Å². The van der Waals surface area contributed by atoms with E-state index in [0.29, 0.717) is 25.0 Å². The van der Waals surface area contributed by atoms with Gasteiger partial charge in [0.05, 0.1) is 0 Å². The summed E-state index contributed by atoms with van der Waals surface area (Å²) in [6.45, 7) is 16.4. The summed E-state index contributed by atoms with van der Waals surface area (Å²) in [5.74, 6) is 0.260. The highest BCUT2D eigenvalue weighted by Crippen LogP contribution is 2.40. The Bertz CT molecular complexity index is 822. The Morgan fingerprint density at radius 3 is 1.91 bits per heavy atom. The standard InChI is InChI=1S/C28H46N2O3/c1-10-28(8,25(33)29-20-13-11-12-14-20)30(9)23(31)16-15-19-17-21(26(2,3)4)24(32)22(18-19)27(5,6)7/h17-18,20,32H,10-16H2,1-9H3,(H,29,33)/t28-/m1/s1. The lowest BCUT2D eigenvalue weighted by Crippen LogP contribution is -2.58. The lowest BCUT2D eigenvalue weighted by Gasteiger charge is -2.37. The molecule has 0 heterocycles. The zero-order chi connectivity index (χ0) is 25.2. The van der Waals surface area contributed by atoms with E-state index in [1.54, 1.807) is 11.9 Å². The molecule has 5 heteroatoms. The molecule has 1 fully saturated rings. The maximum Gasteiger partial charge on any atom is 0.245 e. The molecule has 1 aliphatic rings. The summed E-state index contributed by atoms with van der Waals surface area (Å²) in [7, 11) is 1.75. The number of carbonyl (C=O) groups is 2. The lowest BCUT2D eigenvalue weighted by atomic mass is 9.78. The average Bonchev–Trinajstić information content (AvgIpc) is 3.22. The third-order valence-electron chi connectivity index (χ3n) is 7.40. The highest BCUT2D eigenvalue weighted by Gasteiger charge is 2.39. The van der Waals surface area contributed by atoms with E-state index < -0.39 is 5.54 Å². The molecule has 1 atom stereocenters. The second-order valence-corrected chi connectivity index (χ2v) is 12.1. The smallest absolute Gasteiger partial charge is 0.245 e. The van der Waals surface area contributed by atoms with E-state index in [4.69, 9.17) is 0 Å². The van der Waals surface area contributed by atoms with Crippen molar-refractivity contribution in [2.75, 3.05) is 7.05 Å². The van der Waals surface area contributed by atoms with Gasteiger partial charge in [-0.15, -0.1) is 0 Å². The molecular weight excluding hydrogens is 412 g/mol. The molecule has 1 saturated carbocycles. The third-order valence-corrected chi connectivity index (χ3v) is 7.40. The van der Waals surface area contributed by atoms with Crippen molar-refractivity contribution in [3.63, 3.8) is 0 Å². The van der Waals surface area contributed by atoms with Gasteiger partial charge in [-0.3, -0.25) is 9.59 Å². The number of phenols is 1. The molecule has 0 unspecified atom stereocenters. The second-order valence-electron chi connectivity index (χ2n) is 12.1. The van der Waals surface area contributed by atoms with Crippen LogP contribution in [-0.2, 0) is 26.8 Å². The summed E-state index contributed by atoms with van der Waals surface area (Å²) in [6.07, 6.45) is 5.81. The van der Waals surface area contributed by atoms with Crippen LogP contribution >= 0.6 is 0 Å². The summed E-state index contributed by atoms with van der Waals surface area (Å²) in [4.78, 5) is 27.9. The predicted octanol–water partition coefficient (Wildman–Crippen LogP) is 5.61. The number of aromatic hydroxyl groups is 1. The van der Waals surface area contributed by atoms with Gasteiger partial charge in [0.25, 0.3) is 0 Å². The number of benzene rings is 1. The zero-order valence-electron chi connectivity index (χ0n) is 22.4. The van der Waals surface area contributed by atoms with Gasteiger partial charge >= 0.3 is 0 Å². The molecule has 2 N–H and O–H groups in total. The third kappa shape index (κ3) is 6.30. The summed E-state index contributed by atoms with van der Waals surface area (Å²) < 4.78 is 0. The van der Waals surface area contributed by atoms with Crippen LogP contribution in [0.15, 0.2) is 12.1 Å². The number of hydrogen-bond acceptors (Lipinski definition) is 3. The summed E-state index contributed by atoms with van der Waals surface area (Å²) in [5.41, 5.74) is 1.57. The first-order valence-corrected chi connectivity index (χ1v) is 12.6. The van der Waals surface area contributed by atoms with Crippen molar-refractivity contribution in [1.29, 1.82) is 0 Å². The number of likely N-dealkylation sites (N-methyl/N-ethyl adjacent to an activating group) is 1. The Hall–Kier alpha value is -2.04. The van der Waals surface area contributed by atoms with Gasteiger partial charge in [-0.2, -0.15) is 0 Å². The van der Waals surface area contributed by atoms with Crippen molar-refractivity contribution >= 4 is 11.8 Å². The van der Waals surface area contributed by atoms with Crippen molar-refractivity contribution in [2.45, 2.75) is 123 Å². The Balaban J connectivity index is 2.20. The maximum atomic E-state index is 13.2. The normalized spacial score (nSPS) is 17.0. The molecule has 186 valence electrons. The molecule has 0 aliphatic heterocycles. The number of nitrogens with one attached hydrogen (secondary N) is 1. The van der Waals surface area contributed by atoms with E-state index in [-0.39, 0.29) is 28.7 Å². The van der Waals surface area contributed by atoms with Crippen LogP contribution in [0.1, 0.15) is 111 Å². The molecule has 5 nitrogen and oxygen atoms in total. The number of aryl methyl sites for hydroxylation is 1. The van der Waals surface area contributed by atoms with Crippen molar-refractivity contribution < 1.29 is 14.7 Å².